The summed E-state index contributed by atoms with van der Waals surface area (Å²) in [6.07, 6.45) is 2.85. The molecule has 2 aromatic rings. The van der Waals surface area contributed by atoms with Crippen molar-refractivity contribution in [3.8, 4) is 0 Å². The van der Waals surface area contributed by atoms with Crippen LogP contribution in [-0.2, 0) is 32.4 Å². The van der Waals surface area contributed by atoms with E-state index in [0.29, 0.717) is 6.54 Å². The Labute approximate surface area is 191 Å². The van der Waals surface area contributed by atoms with E-state index in [2.05, 4.69) is 65.7 Å². The van der Waals surface area contributed by atoms with E-state index in [1.165, 1.54) is 11.1 Å². The van der Waals surface area contributed by atoms with Crippen LogP contribution in [0.15, 0.2) is 33.8 Å². The minimum atomic E-state index is 0. The van der Waals surface area contributed by atoms with Gasteiger partial charge in [-0.15, -0.1) is 24.0 Å². The molecule has 160 valence electrons. The number of rotatable bonds is 8. The quantitative estimate of drug-likeness (QED) is 0.323. The van der Waals surface area contributed by atoms with Crippen LogP contribution >= 0.6 is 24.0 Å². The van der Waals surface area contributed by atoms with Crippen molar-refractivity contribution < 1.29 is 4.52 Å². The van der Waals surface area contributed by atoms with Crippen molar-refractivity contribution in [2.24, 2.45) is 4.99 Å². The molecule has 0 saturated carbocycles. The van der Waals surface area contributed by atoms with Crippen LogP contribution in [0, 0.1) is 0 Å². The zero-order valence-corrected chi connectivity index (χ0v) is 20.2. The predicted molar refractivity (Wildman–Crippen MR) is 129 cm³/mol. The van der Waals surface area contributed by atoms with Gasteiger partial charge in [0.05, 0.1) is 12.2 Å². The van der Waals surface area contributed by atoms with Crippen LogP contribution < -0.4 is 10.6 Å². The summed E-state index contributed by atoms with van der Waals surface area (Å²) in [5.41, 5.74) is 5.10. The minimum Gasteiger partial charge on any atom is -0.361 e. The minimum absolute atomic E-state index is 0. The number of guanidine groups is 1. The van der Waals surface area contributed by atoms with E-state index in [1.54, 1.807) is 0 Å². The molecule has 0 spiro atoms. The number of aryl methyl sites for hydroxylation is 2. The van der Waals surface area contributed by atoms with E-state index >= 15 is 0 Å². The number of benzene rings is 1. The summed E-state index contributed by atoms with van der Waals surface area (Å²) in [5.74, 6) is 1.80. The van der Waals surface area contributed by atoms with Gasteiger partial charge in [-0.1, -0.05) is 43.3 Å². The van der Waals surface area contributed by atoms with E-state index < -0.39 is 0 Å². The lowest BCUT2D eigenvalue weighted by Crippen LogP contribution is -2.42. The van der Waals surface area contributed by atoms with Gasteiger partial charge in [0.25, 0.3) is 0 Å². The molecule has 7 heteroatoms. The number of aliphatic imine (C=N–C) groups is 1. The Balaban J connectivity index is 0.00000300. The van der Waals surface area contributed by atoms with Gasteiger partial charge in [0.1, 0.15) is 5.76 Å². The highest BCUT2D eigenvalue weighted by molar-refractivity contribution is 14.0. The molecule has 1 aliphatic heterocycles. The number of fused-ring (bicyclic) bond motifs is 1. The Morgan fingerprint density at radius 1 is 1.14 bits per heavy atom. The molecule has 0 radical (unpaired) electrons. The van der Waals surface area contributed by atoms with Crippen LogP contribution in [0.3, 0.4) is 0 Å². The van der Waals surface area contributed by atoms with Gasteiger partial charge in [0.15, 0.2) is 5.96 Å². The molecule has 3 rings (SSSR count). The van der Waals surface area contributed by atoms with E-state index in [1.807, 2.05) is 0 Å². The zero-order chi connectivity index (χ0) is 19.8. The molecule has 29 heavy (non-hydrogen) atoms. The summed E-state index contributed by atoms with van der Waals surface area (Å²) >= 11 is 0. The fourth-order valence-corrected chi connectivity index (χ4v) is 3.69. The largest absolute Gasteiger partial charge is 0.361 e. The lowest BCUT2D eigenvalue weighted by atomic mass is 10.00. The molecular weight excluding hydrogens is 477 g/mol. The van der Waals surface area contributed by atoms with Crippen molar-refractivity contribution in [1.29, 1.82) is 0 Å². The molecule has 0 bridgehead atoms. The van der Waals surface area contributed by atoms with Crippen molar-refractivity contribution >= 4 is 29.9 Å². The highest BCUT2D eigenvalue weighted by atomic mass is 127. The second-order valence-corrected chi connectivity index (χ2v) is 7.15. The van der Waals surface area contributed by atoms with Crippen molar-refractivity contribution in [2.45, 2.75) is 53.1 Å². The molecule has 1 aliphatic rings. The number of nitrogens with zero attached hydrogens (tertiary/aromatic N) is 3. The number of halogens is 1. The molecular formula is C22H34IN5O. The van der Waals surface area contributed by atoms with Gasteiger partial charge < -0.3 is 15.2 Å². The van der Waals surface area contributed by atoms with Gasteiger partial charge in [-0.05, 0) is 30.9 Å². The van der Waals surface area contributed by atoms with Crippen LogP contribution in [0.4, 0.5) is 0 Å². The molecule has 0 saturated heterocycles. The Hall–Kier alpha value is -1.61. The first-order chi connectivity index (χ1) is 13.7. The summed E-state index contributed by atoms with van der Waals surface area (Å²) < 4.78 is 5.45. The fourth-order valence-electron chi connectivity index (χ4n) is 3.69. The number of aromatic nitrogens is 1. The number of hydrogen-bond donors (Lipinski definition) is 2. The average Bonchev–Trinajstić information content (AvgIpc) is 3.14. The van der Waals surface area contributed by atoms with Crippen LogP contribution in [0.5, 0.6) is 0 Å². The van der Waals surface area contributed by atoms with Crippen molar-refractivity contribution in [2.75, 3.05) is 26.2 Å². The molecule has 2 heterocycles. The monoisotopic (exact) mass is 511 g/mol. The topological polar surface area (TPSA) is 65.7 Å². The fraction of sp³-hybridized carbons (Fsp3) is 0.545. The van der Waals surface area contributed by atoms with E-state index in [-0.39, 0.29) is 24.0 Å². The van der Waals surface area contributed by atoms with Crippen LogP contribution in [0.2, 0.25) is 0 Å². The van der Waals surface area contributed by atoms with E-state index in [0.717, 1.165) is 75.0 Å². The van der Waals surface area contributed by atoms with Gasteiger partial charge in [0, 0.05) is 44.7 Å². The lowest BCUT2D eigenvalue weighted by molar-refractivity contribution is 0.258. The summed E-state index contributed by atoms with van der Waals surface area (Å²) in [6, 6.07) is 8.77. The summed E-state index contributed by atoms with van der Waals surface area (Å²) in [4.78, 5) is 7.27. The molecule has 6 nitrogen and oxygen atoms in total. The molecule has 0 fully saturated rings. The molecule has 1 aromatic carbocycles. The maximum Gasteiger partial charge on any atom is 0.191 e. The molecule has 1 aromatic heterocycles. The van der Waals surface area contributed by atoms with Gasteiger partial charge in [0.2, 0.25) is 0 Å². The lowest BCUT2D eigenvalue weighted by Gasteiger charge is -2.28. The number of nitrogens with one attached hydrogen (secondary N) is 2. The van der Waals surface area contributed by atoms with Crippen molar-refractivity contribution in [1.82, 2.24) is 20.7 Å². The van der Waals surface area contributed by atoms with Crippen LogP contribution in [0.1, 0.15) is 48.9 Å². The second-order valence-electron chi connectivity index (χ2n) is 7.15. The first-order valence-corrected chi connectivity index (χ1v) is 10.5. The Bertz CT molecular complexity index is 768. The van der Waals surface area contributed by atoms with E-state index in [4.69, 9.17) is 9.52 Å². The SMILES string of the molecule is CCNC(=NCc1c(CC)noc1CC)NCCN1CCc2ccccc2C1.I. The summed E-state index contributed by atoms with van der Waals surface area (Å²) in [7, 11) is 0. The maximum atomic E-state index is 5.45. The van der Waals surface area contributed by atoms with Gasteiger partial charge in [-0.3, -0.25) is 4.90 Å². The Kier molecular flexibility index (Phi) is 9.93. The Morgan fingerprint density at radius 3 is 2.66 bits per heavy atom. The van der Waals surface area contributed by atoms with Crippen molar-refractivity contribution in [3.63, 3.8) is 0 Å². The maximum absolute atomic E-state index is 5.45. The highest BCUT2D eigenvalue weighted by Gasteiger charge is 2.16. The molecule has 0 aliphatic carbocycles. The first-order valence-electron chi connectivity index (χ1n) is 10.5. The smallest absolute Gasteiger partial charge is 0.191 e. The standard InChI is InChI=1S/C22H33N5O.HI/c1-4-20-19(21(5-2)28-26-20)15-25-22(23-6-3)24-12-14-27-13-11-17-9-7-8-10-18(17)16-27;/h7-10H,4-6,11-16H2,1-3H3,(H2,23,24,25);1H. The van der Waals surface area contributed by atoms with E-state index in [9.17, 15) is 0 Å². The third kappa shape index (κ3) is 6.44. The van der Waals surface area contributed by atoms with Crippen LogP contribution in [0.25, 0.3) is 0 Å². The molecule has 0 unspecified atom stereocenters. The van der Waals surface area contributed by atoms with Gasteiger partial charge in [-0.2, -0.15) is 0 Å². The average molecular weight is 511 g/mol. The van der Waals surface area contributed by atoms with Crippen LogP contribution in [-0.4, -0.2) is 42.2 Å². The third-order valence-corrected chi connectivity index (χ3v) is 5.28. The molecule has 0 amide bonds. The molecule has 2 N–H and O–H groups in total. The van der Waals surface area contributed by atoms with Crippen molar-refractivity contribution in [3.05, 3.63) is 52.4 Å². The second kappa shape index (κ2) is 12.2. The summed E-state index contributed by atoms with van der Waals surface area (Å²) in [6.45, 7) is 11.8. The van der Waals surface area contributed by atoms with Gasteiger partial charge >= 0.3 is 0 Å². The summed E-state index contributed by atoms with van der Waals surface area (Å²) in [5, 5.41) is 11.0. The number of hydrogen-bond acceptors (Lipinski definition) is 4. The zero-order valence-electron chi connectivity index (χ0n) is 17.8. The molecule has 0 atom stereocenters. The predicted octanol–water partition coefficient (Wildman–Crippen LogP) is 3.53. The normalized spacial score (nSPS) is 14.2. The first kappa shape index (κ1) is 23.7. The Morgan fingerprint density at radius 2 is 1.93 bits per heavy atom. The van der Waals surface area contributed by atoms with Gasteiger partial charge in [-0.25, -0.2) is 4.99 Å². The highest BCUT2D eigenvalue weighted by Crippen LogP contribution is 2.18. The third-order valence-electron chi connectivity index (χ3n) is 5.28.